The van der Waals surface area contributed by atoms with E-state index in [1.54, 1.807) is 16.5 Å². The summed E-state index contributed by atoms with van der Waals surface area (Å²) in [7, 11) is -7.81. The van der Waals surface area contributed by atoms with Crippen LogP contribution < -0.4 is 48.8 Å². The molecule has 11 rings (SSSR count). The molecule has 0 aliphatic rings. The number of imidazole rings is 2. The molecule has 0 aliphatic heterocycles. The van der Waals surface area contributed by atoms with Crippen molar-refractivity contribution in [3.63, 3.8) is 0 Å². The van der Waals surface area contributed by atoms with Gasteiger partial charge in [0.05, 0.1) is 15.9 Å². The van der Waals surface area contributed by atoms with Crippen LogP contribution >= 0.6 is 0 Å². The van der Waals surface area contributed by atoms with E-state index in [-0.39, 0.29) is 54.4 Å². The number of hydrogen-bond donors (Lipinski definition) is 0. The van der Waals surface area contributed by atoms with E-state index in [2.05, 4.69) is 17.1 Å². The Morgan fingerprint density at radius 1 is 0.577 bits per heavy atom. The SMILES string of the molecule is O=S(=O)=O.O=c1c2ccc3c4ccc5c(=O)n6c7ccc(S(=O)(=O)[O-])cc7nc6c6ccc(c7ccc(c2c37)c2nc3c[c-]ccc3n12)c4c56.[Li+].[Li+]. The van der Waals surface area contributed by atoms with Gasteiger partial charge in [-0.15, -0.1) is 24.8 Å². The van der Waals surface area contributed by atoms with E-state index in [1.807, 2.05) is 48.5 Å². The first kappa shape index (κ1) is 34.0. The second-order valence-corrected chi connectivity index (χ2v) is 13.8. The van der Waals surface area contributed by atoms with Gasteiger partial charge in [-0.25, -0.2) is 13.4 Å². The molecule has 0 unspecified atom stereocenters. The van der Waals surface area contributed by atoms with Crippen LogP contribution in [-0.4, -0.2) is 44.4 Å². The third-order valence-corrected chi connectivity index (χ3v) is 10.5. The standard InChI is InChI=1S/C36H15N4O5S.2Li.O3S/c41-35-23-12-8-19-20-9-13-24-32-22(34-38-26-15-16(46(43,44)45)5-14-28(26)40(34)36(24)42)11-7-18(30(20)32)17-6-10-21(31(23)29(17)19)33-37-25-3-1-2-4-27(25)39(33)35;;;1-4(2)3/h2-15H,(H,43,44,45);;;/q-1;2*+1;/p-1. The Hall–Kier alpha value is -5.16. The van der Waals surface area contributed by atoms with Crippen molar-refractivity contribution in [3.8, 4) is 0 Å². The van der Waals surface area contributed by atoms with E-state index in [4.69, 9.17) is 17.6 Å². The Labute approximate surface area is 315 Å². The van der Waals surface area contributed by atoms with Crippen molar-refractivity contribution in [2.75, 3.05) is 0 Å². The van der Waals surface area contributed by atoms with Gasteiger partial charge in [-0.3, -0.25) is 23.4 Å². The summed E-state index contributed by atoms with van der Waals surface area (Å²) >= 11 is 0. The van der Waals surface area contributed by atoms with Gasteiger partial charge in [0.1, 0.15) is 21.4 Å². The van der Waals surface area contributed by atoms with Crippen molar-refractivity contribution in [2.45, 2.75) is 4.90 Å². The Balaban J connectivity index is 0.000000616. The smallest absolute Gasteiger partial charge is 0.744 e. The van der Waals surface area contributed by atoms with Crippen LogP contribution in [0.3, 0.4) is 0 Å². The predicted molar refractivity (Wildman–Crippen MR) is 187 cm³/mol. The Bertz CT molecular complexity index is 3680. The molecule has 4 aromatic heterocycles. The average molecular weight is 709 g/mol. The van der Waals surface area contributed by atoms with Gasteiger partial charge in [-0.2, -0.15) is 12.1 Å². The largest absolute Gasteiger partial charge is 1.00 e. The zero-order chi connectivity index (χ0) is 34.4. The normalized spacial score (nSPS) is 12.2. The summed E-state index contributed by atoms with van der Waals surface area (Å²) in [5.74, 6) is 0. The van der Waals surface area contributed by atoms with Crippen LogP contribution in [0.25, 0.3) is 98.0 Å². The van der Waals surface area contributed by atoms with Gasteiger partial charge >= 0.3 is 48.3 Å². The Morgan fingerprint density at radius 3 is 1.46 bits per heavy atom. The van der Waals surface area contributed by atoms with Gasteiger partial charge in [0.25, 0.3) is 11.1 Å². The second-order valence-electron chi connectivity index (χ2n) is 12.0. The van der Waals surface area contributed by atoms with Gasteiger partial charge in [0, 0.05) is 32.3 Å². The van der Waals surface area contributed by atoms with Crippen molar-refractivity contribution in [1.29, 1.82) is 0 Å². The molecular formula is C36H14Li2N4O8S2. The minimum Gasteiger partial charge on any atom is -0.744 e. The fourth-order valence-corrected chi connectivity index (χ4v) is 8.31. The molecule has 0 N–H and O–H groups in total. The molecule has 0 saturated heterocycles. The molecule has 0 aliphatic carbocycles. The zero-order valence-corrected chi connectivity index (χ0v) is 28.6. The van der Waals surface area contributed by atoms with Crippen LogP contribution in [0.4, 0.5) is 0 Å². The second kappa shape index (κ2) is 11.4. The fraction of sp³-hybridized carbons (Fsp3) is 0. The van der Waals surface area contributed by atoms with Crippen molar-refractivity contribution in [1.82, 2.24) is 18.8 Å². The van der Waals surface area contributed by atoms with E-state index in [0.29, 0.717) is 33.1 Å². The van der Waals surface area contributed by atoms with Crippen LogP contribution in [0, 0.1) is 6.07 Å². The predicted octanol–water partition coefficient (Wildman–Crippen LogP) is -1.05. The van der Waals surface area contributed by atoms with Gasteiger partial charge in [0.2, 0.25) is 0 Å². The van der Waals surface area contributed by atoms with Gasteiger partial charge in [-0.05, 0) is 85.8 Å². The summed E-state index contributed by atoms with van der Waals surface area (Å²) in [4.78, 5) is 37.2. The number of fused-ring (bicyclic) bond motifs is 10. The molecular weight excluding hydrogens is 694 g/mol. The van der Waals surface area contributed by atoms with E-state index >= 15 is 0 Å². The summed E-state index contributed by atoms with van der Waals surface area (Å²) in [6.07, 6.45) is 0. The van der Waals surface area contributed by atoms with Crippen molar-refractivity contribution >= 4 is 119 Å². The monoisotopic (exact) mass is 708 g/mol. The maximum atomic E-state index is 14.1. The van der Waals surface area contributed by atoms with Crippen molar-refractivity contribution < 1.29 is 63.3 Å². The minimum atomic E-state index is -4.70. The zero-order valence-electron chi connectivity index (χ0n) is 27.0. The van der Waals surface area contributed by atoms with Gasteiger partial charge < -0.3 is 4.55 Å². The molecule has 0 atom stereocenters. The van der Waals surface area contributed by atoms with Crippen molar-refractivity contribution in [2.24, 2.45) is 0 Å². The molecule has 0 amide bonds. The topological polar surface area (TPSA) is 177 Å². The molecule has 240 valence electrons. The number of rotatable bonds is 1. The number of pyridine rings is 2. The van der Waals surface area contributed by atoms with Crippen LogP contribution in [0.15, 0.2) is 99.4 Å². The molecule has 12 nitrogen and oxygen atoms in total. The van der Waals surface area contributed by atoms with E-state index in [1.165, 1.54) is 22.6 Å². The first-order valence-electron chi connectivity index (χ1n) is 15.0. The third-order valence-electron chi connectivity index (χ3n) is 9.66. The summed E-state index contributed by atoms with van der Waals surface area (Å²) < 4.78 is 63.6. The van der Waals surface area contributed by atoms with Crippen LogP contribution in [0.5, 0.6) is 0 Å². The quantitative estimate of drug-likeness (QED) is 0.0673. The van der Waals surface area contributed by atoms with E-state index in [0.717, 1.165) is 59.4 Å². The Kier molecular flexibility index (Phi) is 7.46. The maximum absolute atomic E-state index is 14.1. The van der Waals surface area contributed by atoms with E-state index < -0.39 is 25.6 Å². The number of aromatic nitrogens is 4. The van der Waals surface area contributed by atoms with Crippen molar-refractivity contribution in [3.05, 3.63) is 112 Å². The Morgan fingerprint density at radius 2 is 0.981 bits per heavy atom. The number of hydrogen-bond acceptors (Lipinski definition) is 10. The minimum absolute atomic E-state index is 0. The van der Waals surface area contributed by atoms with Crippen LogP contribution in [-0.2, 0) is 20.7 Å². The molecule has 16 heteroatoms. The fourth-order valence-electron chi connectivity index (χ4n) is 7.82. The molecule has 11 aromatic rings. The molecule has 4 heterocycles. The van der Waals surface area contributed by atoms with Gasteiger partial charge in [0.15, 0.2) is 0 Å². The molecule has 0 fully saturated rings. The molecule has 0 spiro atoms. The average Bonchev–Trinajstić information content (AvgIpc) is 3.68. The number of benzene rings is 7. The van der Waals surface area contributed by atoms with Crippen LogP contribution in [0.1, 0.15) is 0 Å². The molecule has 0 saturated carbocycles. The summed E-state index contributed by atoms with van der Waals surface area (Å²) in [6.45, 7) is 0. The molecule has 0 bridgehead atoms. The van der Waals surface area contributed by atoms with Gasteiger partial charge in [-0.1, -0.05) is 24.3 Å². The third kappa shape index (κ3) is 4.35. The summed E-state index contributed by atoms with van der Waals surface area (Å²) in [5.41, 5.74) is 2.68. The van der Waals surface area contributed by atoms with E-state index in [9.17, 15) is 22.6 Å². The molecule has 7 aromatic carbocycles. The molecule has 0 radical (unpaired) electrons. The van der Waals surface area contributed by atoms with Crippen LogP contribution in [0.2, 0.25) is 0 Å². The first-order chi connectivity index (χ1) is 24.0. The first-order valence-corrected chi connectivity index (χ1v) is 17.4. The summed E-state index contributed by atoms with van der Waals surface area (Å²) in [6, 6.07) is 28.0. The summed E-state index contributed by atoms with van der Waals surface area (Å²) in [5, 5.41) is 9.97. The molecule has 52 heavy (non-hydrogen) atoms. The maximum Gasteiger partial charge on any atom is 1.00 e. The number of nitrogens with zero attached hydrogens (tertiary/aromatic N) is 4.